The standard InChI is InChI=1S/C5H9NO2.2C4H7NO4/c7-5(8)4-2-1-3-6-4;2*5-2(4(8)9)1-3(6)7/h4,6H,1-3H2,(H,7,8);2*2H,1,5H2,(H,6,7)(H,8,9)/t4-;2*2-/m000/s1. The first-order valence-electron chi connectivity index (χ1n) is 7.25. The zero-order chi connectivity index (χ0) is 20.9. The van der Waals surface area contributed by atoms with Crippen LogP contribution in [0, 0.1) is 0 Å². The van der Waals surface area contributed by atoms with E-state index in [9.17, 15) is 24.0 Å². The van der Waals surface area contributed by atoms with Gasteiger partial charge >= 0.3 is 29.8 Å². The Morgan fingerprint density at radius 3 is 1.35 bits per heavy atom. The third kappa shape index (κ3) is 14.8. The lowest BCUT2D eigenvalue weighted by Gasteiger charge is -1.99. The van der Waals surface area contributed by atoms with E-state index in [0.717, 1.165) is 19.4 Å². The number of carboxylic acids is 5. The molecule has 1 fully saturated rings. The van der Waals surface area contributed by atoms with Crippen molar-refractivity contribution >= 4 is 29.8 Å². The molecule has 1 saturated heterocycles. The van der Waals surface area contributed by atoms with Crippen LogP contribution in [0.15, 0.2) is 0 Å². The number of carboxylic acid groups (broad SMARTS) is 5. The van der Waals surface area contributed by atoms with Gasteiger partial charge in [-0.25, -0.2) is 0 Å². The average molecular weight is 381 g/mol. The smallest absolute Gasteiger partial charge is 0.321 e. The van der Waals surface area contributed by atoms with Gasteiger partial charge in [0.2, 0.25) is 0 Å². The first-order valence-corrected chi connectivity index (χ1v) is 7.25. The lowest BCUT2D eigenvalue weighted by molar-refractivity contribution is -0.144. The minimum absolute atomic E-state index is 0.269. The second-order valence-corrected chi connectivity index (χ2v) is 5.07. The molecule has 0 saturated carbocycles. The zero-order valence-electron chi connectivity index (χ0n) is 13.7. The Hall–Kier alpha value is -2.77. The second-order valence-electron chi connectivity index (χ2n) is 5.07. The molecule has 10 N–H and O–H groups in total. The van der Waals surface area contributed by atoms with Crippen LogP contribution in [0.4, 0.5) is 0 Å². The molecular formula is C13H23N3O10. The van der Waals surface area contributed by atoms with Gasteiger partial charge in [-0.1, -0.05) is 0 Å². The zero-order valence-corrected chi connectivity index (χ0v) is 13.7. The fourth-order valence-corrected chi connectivity index (χ4v) is 1.45. The van der Waals surface area contributed by atoms with Gasteiger partial charge in [-0.15, -0.1) is 0 Å². The highest BCUT2D eigenvalue weighted by atomic mass is 16.4. The van der Waals surface area contributed by atoms with Crippen molar-refractivity contribution in [3.63, 3.8) is 0 Å². The molecule has 1 aliphatic heterocycles. The van der Waals surface area contributed by atoms with E-state index in [2.05, 4.69) is 5.32 Å². The molecule has 0 aliphatic carbocycles. The average Bonchev–Trinajstić information content (AvgIpc) is 3.01. The van der Waals surface area contributed by atoms with Crippen molar-refractivity contribution in [2.24, 2.45) is 11.5 Å². The molecule has 150 valence electrons. The molecule has 13 nitrogen and oxygen atoms in total. The van der Waals surface area contributed by atoms with E-state index in [-0.39, 0.29) is 6.04 Å². The molecule has 0 bridgehead atoms. The van der Waals surface area contributed by atoms with Gasteiger partial charge in [0.05, 0.1) is 12.8 Å². The summed E-state index contributed by atoms with van der Waals surface area (Å²) in [7, 11) is 0. The first-order chi connectivity index (χ1) is 11.9. The summed E-state index contributed by atoms with van der Waals surface area (Å²) in [5, 5.41) is 43.3. The van der Waals surface area contributed by atoms with Crippen molar-refractivity contribution in [2.75, 3.05) is 6.54 Å². The molecule has 26 heavy (non-hydrogen) atoms. The van der Waals surface area contributed by atoms with Crippen LogP contribution in [0.1, 0.15) is 25.7 Å². The molecule has 0 spiro atoms. The predicted molar refractivity (Wildman–Crippen MR) is 84.4 cm³/mol. The monoisotopic (exact) mass is 381 g/mol. The highest BCUT2D eigenvalue weighted by Crippen LogP contribution is 2.03. The van der Waals surface area contributed by atoms with E-state index < -0.39 is 54.8 Å². The minimum atomic E-state index is -1.29. The van der Waals surface area contributed by atoms with Crippen molar-refractivity contribution in [1.29, 1.82) is 0 Å². The Labute approximate surface area is 147 Å². The van der Waals surface area contributed by atoms with Gasteiger partial charge in [-0.3, -0.25) is 24.0 Å². The van der Waals surface area contributed by atoms with Gasteiger partial charge in [0.15, 0.2) is 0 Å². The molecule has 0 unspecified atom stereocenters. The molecule has 1 rings (SSSR count). The predicted octanol–water partition coefficient (Wildman–Crippen LogP) is -2.43. The van der Waals surface area contributed by atoms with Gasteiger partial charge in [0.25, 0.3) is 0 Å². The van der Waals surface area contributed by atoms with E-state index in [1.54, 1.807) is 0 Å². The molecule has 0 aromatic carbocycles. The maximum atomic E-state index is 10.1. The number of nitrogens with two attached hydrogens (primary N) is 2. The summed E-state index contributed by atoms with van der Waals surface area (Å²) in [5.41, 5.74) is 9.67. The summed E-state index contributed by atoms with van der Waals surface area (Å²) in [6.07, 6.45) is 0.719. The fraction of sp³-hybridized carbons (Fsp3) is 0.615. The van der Waals surface area contributed by atoms with Crippen molar-refractivity contribution in [2.45, 2.75) is 43.8 Å². The topological polar surface area (TPSA) is 251 Å². The Morgan fingerprint density at radius 2 is 1.23 bits per heavy atom. The highest BCUT2D eigenvalue weighted by molar-refractivity contribution is 5.80. The van der Waals surface area contributed by atoms with Crippen molar-refractivity contribution < 1.29 is 49.5 Å². The van der Waals surface area contributed by atoms with Crippen LogP contribution in [0.3, 0.4) is 0 Å². The second kappa shape index (κ2) is 13.5. The lowest BCUT2D eigenvalue weighted by atomic mass is 10.2. The largest absolute Gasteiger partial charge is 0.481 e. The summed E-state index contributed by atoms with van der Waals surface area (Å²) in [6, 6.07) is -2.85. The molecule has 0 amide bonds. The maximum Gasteiger partial charge on any atom is 0.321 e. The Balaban J connectivity index is 0. The number of hydrogen-bond acceptors (Lipinski definition) is 8. The summed E-state index contributed by atoms with van der Waals surface area (Å²) >= 11 is 0. The van der Waals surface area contributed by atoms with Gasteiger partial charge < -0.3 is 42.3 Å². The van der Waals surface area contributed by atoms with Crippen LogP contribution >= 0.6 is 0 Å². The molecule has 1 aliphatic rings. The molecule has 1 heterocycles. The van der Waals surface area contributed by atoms with Crippen molar-refractivity contribution in [3.05, 3.63) is 0 Å². The molecular weight excluding hydrogens is 358 g/mol. The van der Waals surface area contributed by atoms with Gasteiger partial charge in [0.1, 0.15) is 18.1 Å². The lowest BCUT2D eigenvalue weighted by Crippen LogP contribution is -2.32. The number of carbonyl (C=O) groups is 5. The van der Waals surface area contributed by atoms with E-state index in [0.29, 0.717) is 0 Å². The van der Waals surface area contributed by atoms with E-state index in [1.807, 2.05) is 0 Å². The van der Waals surface area contributed by atoms with Crippen molar-refractivity contribution in [3.8, 4) is 0 Å². The van der Waals surface area contributed by atoms with Gasteiger partial charge in [0, 0.05) is 0 Å². The van der Waals surface area contributed by atoms with Crippen LogP contribution in [0.5, 0.6) is 0 Å². The Bertz CT molecular complexity index is 472. The Morgan fingerprint density at radius 1 is 0.846 bits per heavy atom. The summed E-state index contributed by atoms with van der Waals surface area (Å²) in [5.74, 6) is -5.72. The normalized spacial score (nSPS) is 17.4. The number of nitrogens with one attached hydrogen (secondary N) is 1. The molecule has 3 atom stereocenters. The van der Waals surface area contributed by atoms with Crippen LogP contribution in [-0.2, 0) is 24.0 Å². The van der Waals surface area contributed by atoms with E-state index >= 15 is 0 Å². The summed E-state index contributed by atoms with van der Waals surface area (Å²) in [6.45, 7) is 0.858. The van der Waals surface area contributed by atoms with Crippen LogP contribution in [0.25, 0.3) is 0 Å². The third-order valence-electron chi connectivity index (χ3n) is 2.78. The van der Waals surface area contributed by atoms with E-state index in [4.69, 9.17) is 37.0 Å². The van der Waals surface area contributed by atoms with E-state index in [1.165, 1.54) is 0 Å². The molecule has 0 aromatic rings. The van der Waals surface area contributed by atoms with Crippen LogP contribution in [-0.4, -0.2) is 80.0 Å². The first kappa shape index (κ1) is 25.5. The summed E-state index contributed by atoms with van der Waals surface area (Å²) in [4.78, 5) is 49.4. The number of rotatable bonds is 7. The third-order valence-corrected chi connectivity index (χ3v) is 2.78. The molecule has 13 heteroatoms. The SMILES string of the molecule is N[C@@H](CC(=O)O)C(=O)O.N[C@@H](CC(=O)O)C(=O)O.O=C(O)[C@@H]1CCCN1. The van der Waals surface area contributed by atoms with Gasteiger partial charge in [-0.2, -0.15) is 0 Å². The summed E-state index contributed by atoms with van der Waals surface area (Å²) < 4.78 is 0. The van der Waals surface area contributed by atoms with Crippen LogP contribution < -0.4 is 16.8 Å². The molecule has 0 radical (unpaired) electrons. The number of hydrogen-bond donors (Lipinski definition) is 8. The minimum Gasteiger partial charge on any atom is -0.481 e. The van der Waals surface area contributed by atoms with Crippen molar-refractivity contribution in [1.82, 2.24) is 5.32 Å². The fourth-order valence-electron chi connectivity index (χ4n) is 1.45. The van der Waals surface area contributed by atoms with Crippen LogP contribution in [0.2, 0.25) is 0 Å². The Kier molecular flexibility index (Phi) is 13.2. The quantitative estimate of drug-likeness (QED) is 0.228. The highest BCUT2D eigenvalue weighted by Gasteiger charge is 2.20. The number of aliphatic carboxylic acids is 5. The molecule has 0 aromatic heterocycles. The maximum absolute atomic E-state index is 10.1. The van der Waals surface area contributed by atoms with Gasteiger partial charge in [-0.05, 0) is 19.4 Å².